The van der Waals surface area contributed by atoms with Crippen molar-refractivity contribution in [2.75, 3.05) is 6.54 Å². The number of rotatable bonds is 2. The molecule has 1 saturated carbocycles. The fourth-order valence-electron chi connectivity index (χ4n) is 1.49. The van der Waals surface area contributed by atoms with Gasteiger partial charge in [0.2, 0.25) is 0 Å². The van der Waals surface area contributed by atoms with Crippen LogP contribution in [0, 0.1) is 17.2 Å². The zero-order chi connectivity index (χ0) is 8.10. The molecule has 0 heterocycles. The van der Waals surface area contributed by atoms with E-state index in [4.69, 9.17) is 5.26 Å². The van der Waals surface area contributed by atoms with Gasteiger partial charge in [0.05, 0.1) is 0 Å². The summed E-state index contributed by atoms with van der Waals surface area (Å²) in [5.74, 6) is 0.115. The van der Waals surface area contributed by atoms with Gasteiger partial charge in [-0.2, -0.15) is 5.26 Å². The lowest BCUT2D eigenvalue weighted by Gasteiger charge is -2.06. The minimum Gasteiger partial charge on any atom is -0.343 e. The molecule has 0 aromatic carbocycles. The van der Waals surface area contributed by atoms with E-state index in [0.717, 1.165) is 0 Å². The second-order valence-electron chi connectivity index (χ2n) is 2.97. The van der Waals surface area contributed by atoms with Crippen molar-refractivity contribution in [3.63, 3.8) is 0 Å². The smallest absolute Gasteiger partial charge is 0.322 e. The molecule has 0 aromatic heterocycles. The van der Waals surface area contributed by atoms with E-state index in [1.165, 1.54) is 31.8 Å². The molecule has 0 radical (unpaired) electrons. The first-order valence-corrected chi connectivity index (χ1v) is 4.01. The molecule has 3 heteroatoms. The van der Waals surface area contributed by atoms with Crippen molar-refractivity contribution in [1.29, 1.82) is 5.26 Å². The van der Waals surface area contributed by atoms with E-state index in [-0.39, 0.29) is 0 Å². The first kappa shape index (κ1) is 8.06. The van der Waals surface area contributed by atoms with Crippen LogP contribution in [-0.4, -0.2) is 12.5 Å². The lowest BCUT2D eigenvalue weighted by atomic mass is 10.1. The molecule has 3 nitrogen and oxygen atoms in total. The van der Waals surface area contributed by atoms with Gasteiger partial charge in [0.1, 0.15) is 0 Å². The molecule has 0 bridgehead atoms. The third-order valence-corrected chi connectivity index (χ3v) is 2.13. The largest absolute Gasteiger partial charge is 0.343 e. The summed E-state index contributed by atoms with van der Waals surface area (Å²) < 4.78 is 0. The zero-order valence-electron chi connectivity index (χ0n) is 6.47. The maximum Gasteiger partial charge on any atom is 0.322 e. The van der Waals surface area contributed by atoms with Gasteiger partial charge < -0.3 is 5.32 Å². The van der Waals surface area contributed by atoms with Crippen LogP contribution in [-0.2, 0) is 4.79 Å². The van der Waals surface area contributed by atoms with Gasteiger partial charge in [-0.3, -0.25) is 4.79 Å². The number of carbonyl (C=O) groups is 1. The van der Waals surface area contributed by atoms with Crippen molar-refractivity contribution >= 4 is 5.91 Å². The predicted octanol–water partition coefficient (Wildman–Crippen LogP) is 0.816. The van der Waals surface area contributed by atoms with Crippen molar-refractivity contribution in [2.24, 2.45) is 5.92 Å². The molecule has 0 aliphatic heterocycles. The monoisotopic (exact) mass is 152 g/mol. The van der Waals surface area contributed by atoms with Crippen molar-refractivity contribution in [2.45, 2.75) is 25.7 Å². The van der Waals surface area contributed by atoms with Crippen LogP contribution in [0.5, 0.6) is 0 Å². The van der Waals surface area contributed by atoms with Crippen LogP contribution in [0.4, 0.5) is 0 Å². The quantitative estimate of drug-likeness (QED) is 0.595. The highest BCUT2D eigenvalue weighted by Gasteiger charge is 2.14. The van der Waals surface area contributed by atoms with Gasteiger partial charge in [0.25, 0.3) is 0 Å². The number of carbonyl (C=O) groups excluding carboxylic acids is 1. The number of amides is 1. The average Bonchev–Trinajstić information content (AvgIpc) is 2.52. The number of nitrogens with one attached hydrogen (secondary N) is 1. The minimum absolute atomic E-state index is 0.503. The maximum atomic E-state index is 10.5. The van der Waals surface area contributed by atoms with Gasteiger partial charge in [0.15, 0.2) is 6.07 Å². The third kappa shape index (κ3) is 2.58. The van der Waals surface area contributed by atoms with E-state index in [2.05, 4.69) is 5.32 Å². The SMILES string of the molecule is N#CC(=O)NCC1CCCC1. The van der Waals surface area contributed by atoms with E-state index in [0.29, 0.717) is 12.5 Å². The Kier molecular flexibility index (Phi) is 2.91. The minimum atomic E-state index is -0.503. The molecular weight excluding hydrogens is 140 g/mol. The summed E-state index contributed by atoms with van der Waals surface area (Å²) in [6, 6.07) is 1.54. The van der Waals surface area contributed by atoms with Crippen LogP contribution in [0.1, 0.15) is 25.7 Å². The van der Waals surface area contributed by atoms with Gasteiger partial charge in [-0.1, -0.05) is 12.8 Å². The van der Waals surface area contributed by atoms with Gasteiger partial charge in [-0.15, -0.1) is 0 Å². The number of hydrogen-bond acceptors (Lipinski definition) is 2. The summed E-state index contributed by atoms with van der Waals surface area (Å²) in [6.07, 6.45) is 4.94. The average molecular weight is 152 g/mol. The molecule has 1 N–H and O–H groups in total. The van der Waals surface area contributed by atoms with Gasteiger partial charge in [0, 0.05) is 6.54 Å². The van der Waals surface area contributed by atoms with Crippen LogP contribution in [0.3, 0.4) is 0 Å². The second-order valence-corrected chi connectivity index (χ2v) is 2.97. The van der Waals surface area contributed by atoms with Crippen molar-refractivity contribution < 1.29 is 4.79 Å². The summed E-state index contributed by atoms with van der Waals surface area (Å²) in [4.78, 5) is 10.5. The van der Waals surface area contributed by atoms with E-state index < -0.39 is 5.91 Å². The highest BCUT2D eigenvalue weighted by atomic mass is 16.1. The molecule has 60 valence electrons. The Bertz CT molecular complexity index is 177. The first-order valence-electron chi connectivity index (χ1n) is 4.01. The molecule has 1 amide bonds. The first-order chi connectivity index (χ1) is 5.33. The molecule has 0 spiro atoms. The second kappa shape index (κ2) is 3.97. The highest BCUT2D eigenvalue weighted by molar-refractivity contribution is 5.91. The van der Waals surface area contributed by atoms with Crippen LogP contribution < -0.4 is 5.32 Å². The van der Waals surface area contributed by atoms with Crippen LogP contribution in [0.25, 0.3) is 0 Å². The number of nitrogens with zero attached hydrogens (tertiary/aromatic N) is 1. The van der Waals surface area contributed by atoms with E-state index >= 15 is 0 Å². The van der Waals surface area contributed by atoms with Crippen LogP contribution >= 0.6 is 0 Å². The molecule has 0 aromatic rings. The maximum absolute atomic E-state index is 10.5. The van der Waals surface area contributed by atoms with Gasteiger partial charge in [-0.25, -0.2) is 0 Å². The standard InChI is InChI=1S/C8H12N2O/c9-5-8(11)10-6-7-3-1-2-4-7/h7H,1-4,6H2,(H,10,11). The zero-order valence-corrected chi connectivity index (χ0v) is 6.47. The third-order valence-electron chi connectivity index (χ3n) is 2.13. The van der Waals surface area contributed by atoms with Crippen molar-refractivity contribution in [1.82, 2.24) is 5.32 Å². The fourth-order valence-corrected chi connectivity index (χ4v) is 1.49. The highest BCUT2D eigenvalue weighted by Crippen LogP contribution is 2.23. The Morgan fingerprint density at radius 1 is 1.55 bits per heavy atom. The molecule has 1 fully saturated rings. The van der Waals surface area contributed by atoms with E-state index in [1.807, 2.05) is 0 Å². The Morgan fingerprint density at radius 3 is 2.73 bits per heavy atom. The molecule has 1 rings (SSSR count). The lowest BCUT2D eigenvalue weighted by Crippen LogP contribution is -2.26. The predicted molar refractivity (Wildman–Crippen MR) is 40.6 cm³/mol. The van der Waals surface area contributed by atoms with E-state index in [9.17, 15) is 4.79 Å². The Hall–Kier alpha value is -1.04. The summed E-state index contributed by atoms with van der Waals surface area (Å²) in [7, 11) is 0. The topological polar surface area (TPSA) is 52.9 Å². The number of nitriles is 1. The normalized spacial score (nSPS) is 17.7. The molecule has 1 aliphatic rings. The molecule has 0 atom stereocenters. The molecule has 0 unspecified atom stereocenters. The van der Waals surface area contributed by atoms with Gasteiger partial charge in [-0.05, 0) is 18.8 Å². The number of hydrogen-bond donors (Lipinski definition) is 1. The summed E-state index contributed by atoms with van der Waals surface area (Å²) in [5.41, 5.74) is 0. The summed E-state index contributed by atoms with van der Waals surface area (Å²) in [6.45, 7) is 0.687. The molecule has 0 saturated heterocycles. The summed E-state index contributed by atoms with van der Waals surface area (Å²) in [5, 5.41) is 10.7. The fraction of sp³-hybridized carbons (Fsp3) is 0.750. The Labute approximate surface area is 66.4 Å². The van der Waals surface area contributed by atoms with Crippen molar-refractivity contribution in [3.05, 3.63) is 0 Å². The summed E-state index contributed by atoms with van der Waals surface area (Å²) >= 11 is 0. The van der Waals surface area contributed by atoms with Crippen molar-refractivity contribution in [3.8, 4) is 6.07 Å². The van der Waals surface area contributed by atoms with E-state index in [1.54, 1.807) is 0 Å². The Morgan fingerprint density at radius 2 is 2.18 bits per heavy atom. The molecule has 1 aliphatic carbocycles. The molecular formula is C8H12N2O. The van der Waals surface area contributed by atoms with Crippen LogP contribution in [0.15, 0.2) is 0 Å². The van der Waals surface area contributed by atoms with Gasteiger partial charge >= 0.3 is 5.91 Å². The lowest BCUT2D eigenvalue weighted by molar-refractivity contribution is -0.116. The van der Waals surface area contributed by atoms with Crippen LogP contribution in [0.2, 0.25) is 0 Å². The Balaban J connectivity index is 2.12. The molecule has 11 heavy (non-hydrogen) atoms.